The summed E-state index contributed by atoms with van der Waals surface area (Å²) in [7, 11) is -1.98. The van der Waals surface area contributed by atoms with Crippen LogP contribution in [0.4, 0.5) is 0 Å². The molecule has 0 atom stereocenters. The van der Waals surface area contributed by atoms with Gasteiger partial charge in [-0.2, -0.15) is 0 Å². The van der Waals surface area contributed by atoms with E-state index in [4.69, 9.17) is 4.74 Å². The van der Waals surface area contributed by atoms with Crippen LogP contribution in [0.3, 0.4) is 0 Å². The first-order chi connectivity index (χ1) is 6.13. The van der Waals surface area contributed by atoms with Gasteiger partial charge in [-0.15, -0.1) is 0 Å². The molecule has 14 heavy (non-hydrogen) atoms. The molecular formula is C9H19BrO3Si. The number of carbonyl (C=O) groups is 1. The lowest BCUT2D eigenvalue weighted by molar-refractivity contribution is -0.145. The van der Waals surface area contributed by atoms with Crippen molar-refractivity contribution in [3.63, 3.8) is 0 Å². The van der Waals surface area contributed by atoms with Crippen LogP contribution in [0.25, 0.3) is 0 Å². The van der Waals surface area contributed by atoms with Gasteiger partial charge in [-0.25, -0.2) is 0 Å². The number of carbonyl (C=O) groups excluding carboxylic acids is 1. The first-order valence-electron chi connectivity index (χ1n) is 4.71. The topological polar surface area (TPSA) is 46.5 Å². The molecule has 1 N–H and O–H groups in total. The van der Waals surface area contributed by atoms with Crippen molar-refractivity contribution in [2.24, 2.45) is 0 Å². The van der Waals surface area contributed by atoms with Gasteiger partial charge in [0.1, 0.15) is 4.32 Å². The Kier molecular flexibility index (Phi) is 5.32. The lowest BCUT2D eigenvalue weighted by Crippen LogP contribution is -2.28. The zero-order valence-electron chi connectivity index (χ0n) is 9.26. The molecule has 0 aromatic heterocycles. The van der Waals surface area contributed by atoms with E-state index in [-0.39, 0.29) is 5.97 Å². The molecule has 0 amide bonds. The van der Waals surface area contributed by atoms with E-state index in [0.29, 0.717) is 6.61 Å². The molecule has 0 aliphatic rings. The van der Waals surface area contributed by atoms with Crippen LogP contribution >= 0.6 is 15.9 Å². The monoisotopic (exact) mass is 282 g/mol. The van der Waals surface area contributed by atoms with Gasteiger partial charge in [-0.3, -0.25) is 4.79 Å². The molecule has 0 aliphatic carbocycles. The molecule has 0 rings (SSSR count). The molecule has 0 bridgehead atoms. The Balaban J connectivity index is 3.62. The van der Waals surface area contributed by atoms with Crippen molar-refractivity contribution < 1.29 is 14.3 Å². The smallest absolute Gasteiger partial charge is 0.322 e. The molecule has 3 nitrogen and oxygen atoms in total. The van der Waals surface area contributed by atoms with Crippen LogP contribution in [0, 0.1) is 0 Å². The largest absolute Gasteiger partial charge is 0.465 e. The van der Waals surface area contributed by atoms with Crippen LogP contribution in [0.5, 0.6) is 0 Å². The highest BCUT2D eigenvalue weighted by molar-refractivity contribution is 9.10. The van der Waals surface area contributed by atoms with E-state index >= 15 is 0 Å². The molecule has 0 saturated carbocycles. The quantitative estimate of drug-likeness (QED) is 0.364. The number of hydrogen-bond acceptors (Lipinski definition) is 3. The number of esters is 1. The molecule has 0 heterocycles. The molecule has 0 saturated heterocycles. The van der Waals surface area contributed by atoms with Crippen LogP contribution in [0.15, 0.2) is 0 Å². The van der Waals surface area contributed by atoms with Crippen LogP contribution in [-0.4, -0.2) is 30.0 Å². The highest BCUT2D eigenvalue weighted by Crippen LogP contribution is 2.18. The van der Waals surface area contributed by atoms with Crippen LogP contribution < -0.4 is 0 Å². The van der Waals surface area contributed by atoms with E-state index in [0.717, 1.165) is 12.5 Å². The number of hydrogen-bond donors (Lipinski definition) is 1. The highest BCUT2D eigenvalue weighted by Gasteiger charge is 2.25. The summed E-state index contributed by atoms with van der Waals surface area (Å²) in [6.07, 6.45) is 0.741. The average Bonchev–Trinajstić information content (AvgIpc) is 1.93. The third-order valence-corrected chi connectivity index (χ3v) is 3.55. The minimum atomic E-state index is -1.98. The minimum absolute atomic E-state index is 0.255. The summed E-state index contributed by atoms with van der Waals surface area (Å²) in [6, 6.07) is 0.767. The highest BCUT2D eigenvalue weighted by atomic mass is 79.9. The number of alkyl halides is 1. The fourth-order valence-electron chi connectivity index (χ4n) is 0.841. The Morgan fingerprint density at radius 3 is 2.36 bits per heavy atom. The summed E-state index contributed by atoms with van der Waals surface area (Å²) in [6.45, 7) is 7.65. The van der Waals surface area contributed by atoms with Crippen molar-refractivity contribution in [3.05, 3.63) is 0 Å². The van der Waals surface area contributed by atoms with E-state index in [9.17, 15) is 9.59 Å². The SMILES string of the molecule is CC(C)(Br)C(=O)OCCC[Si](C)(C)O. The number of rotatable bonds is 5. The van der Waals surface area contributed by atoms with Crippen molar-refractivity contribution in [2.75, 3.05) is 6.61 Å². The minimum Gasteiger partial charge on any atom is -0.465 e. The van der Waals surface area contributed by atoms with Gasteiger partial charge >= 0.3 is 5.97 Å². The molecular weight excluding hydrogens is 264 g/mol. The second-order valence-electron chi connectivity index (χ2n) is 4.52. The fraction of sp³-hybridized carbons (Fsp3) is 0.889. The van der Waals surface area contributed by atoms with Gasteiger partial charge in [0.05, 0.1) is 6.61 Å². The lowest BCUT2D eigenvalue weighted by atomic mass is 10.2. The normalized spacial score (nSPS) is 12.7. The maximum Gasteiger partial charge on any atom is 0.322 e. The Bertz CT molecular complexity index is 193. The summed E-state index contributed by atoms with van der Waals surface area (Å²) in [5.41, 5.74) is 0. The first kappa shape index (κ1) is 14.1. The standard InChI is InChI=1S/C9H19BrO3Si/c1-9(2,10)8(11)13-6-5-7-14(3,4)12/h12H,5-7H2,1-4H3. The number of ether oxygens (including phenoxy) is 1. The summed E-state index contributed by atoms with van der Waals surface area (Å²) >= 11 is 3.22. The summed E-state index contributed by atoms with van der Waals surface area (Å²) in [5.74, 6) is -0.255. The molecule has 0 spiro atoms. The number of halogens is 1. The van der Waals surface area contributed by atoms with Gasteiger partial charge in [0.25, 0.3) is 0 Å². The predicted molar refractivity (Wildman–Crippen MR) is 63.1 cm³/mol. The molecule has 0 aliphatic heterocycles. The Morgan fingerprint density at radius 1 is 1.50 bits per heavy atom. The molecule has 0 aromatic carbocycles. The van der Waals surface area contributed by atoms with Crippen LogP contribution in [0.1, 0.15) is 20.3 Å². The van der Waals surface area contributed by atoms with Crippen molar-refractivity contribution in [1.82, 2.24) is 0 Å². The van der Waals surface area contributed by atoms with E-state index in [2.05, 4.69) is 15.9 Å². The summed E-state index contributed by atoms with van der Waals surface area (Å²) < 4.78 is 4.42. The summed E-state index contributed by atoms with van der Waals surface area (Å²) in [5, 5.41) is 0. The van der Waals surface area contributed by atoms with Crippen molar-refractivity contribution in [3.8, 4) is 0 Å². The van der Waals surface area contributed by atoms with Gasteiger partial charge in [-0.05, 0) is 39.4 Å². The van der Waals surface area contributed by atoms with E-state index in [1.807, 2.05) is 13.1 Å². The lowest BCUT2D eigenvalue weighted by Gasteiger charge is -2.16. The predicted octanol–water partition coefficient (Wildman–Crippen LogP) is 2.29. The van der Waals surface area contributed by atoms with Crippen molar-refractivity contribution in [1.29, 1.82) is 0 Å². The van der Waals surface area contributed by atoms with Gasteiger partial charge in [-0.1, -0.05) is 15.9 Å². The van der Waals surface area contributed by atoms with Gasteiger partial charge in [0.2, 0.25) is 0 Å². The second kappa shape index (κ2) is 5.28. The molecule has 0 radical (unpaired) electrons. The average molecular weight is 283 g/mol. The Hall–Kier alpha value is 0.127. The van der Waals surface area contributed by atoms with Crippen LogP contribution in [-0.2, 0) is 9.53 Å². The maximum atomic E-state index is 11.3. The Morgan fingerprint density at radius 2 is 2.00 bits per heavy atom. The molecule has 0 aromatic rings. The molecule has 0 fully saturated rings. The zero-order chi connectivity index (χ0) is 11.4. The Labute approximate surface area is 95.1 Å². The molecule has 5 heteroatoms. The fourth-order valence-corrected chi connectivity index (χ4v) is 1.97. The summed E-state index contributed by atoms with van der Waals surface area (Å²) in [4.78, 5) is 20.8. The second-order valence-corrected chi connectivity index (χ2v) is 10.6. The van der Waals surface area contributed by atoms with Crippen molar-refractivity contribution in [2.45, 2.75) is 43.7 Å². The third-order valence-electron chi connectivity index (χ3n) is 1.65. The van der Waals surface area contributed by atoms with Crippen LogP contribution in [0.2, 0.25) is 19.1 Å². The third kappa shape index (κ3) is 7.52. The first-order valence-corrected chi connectivity index (χ1v) is 8.66. The van der Waals surface area contributed by atoms with Gasteiger partial charge < -0.3 is 9.53 Å². The van der Waals surface area contributed by atoms with Gasteiger partial charge in [0.15, 0.2) is 8.32 Å². The van der Waals surface area contributed by atoms with Crippen molar-refractivity contribution >= 4 is 30.2 Å². The molecule has 84 valence electrons. The molecule has 0 unspecified atom stereocenters. The van der Waals surface area contributed by atoms with E-state index in [1.165, 1.54) is 0 Å². The zero-order valence-corrected chi connectivity index (χ0v) is 11.8. The maximum absolute atomic E-state index is 11.3. The van der Waals surface area contributed by atoms with Gasteiger partial charge in [0, 0.05) is 0 Å². The van der Waals surface area contributed by atoms with E-state index in [1.54, 1.807) is 13.8 Å². The van der Waals surface area contributed by atoms with E-state index < -0.39 is 12.6 Å².